The van der Waals surface area contributed by atoms with Crippen LogP contribution in [0.25, 0.3) is 0 Å². The van der Waals surface area contributed by atoms with Crippen LogP contribution in [0.3, 0.4) is 0 Å². The molecule has 0 heterocycles. The van der Waals surface area contributed by atoms with Gasteiger partial charge in [-0.3, -0.25) is 11.3 Å². The van der Waals surface area contributed by atoms with Crippen LogP contribution in [0.4, 0.5) is 0 Å². The zero-order valence-electron chi connectivity index (χ0n) is 11.0. The second-order valence-corrected chi connectivity index (χ2v) is 5.81. The van der Waals surface area contributed by atoms with Gasteiger partial charge in [0.1, 0.15) is 0 Å². The molecule has 0 aromatic heterocycles. The standard InChI is InChI=1S/C14H20Cl2N2O/c1-2-19-14(9-3-4-9)13(18-17)8-10-7-11(15)5-6-12(10)16/h5-7,9,13-14,18H,2-4,8,17H2,1H3. The molecule has 0 bridgehead atoms. The van der Waals surface area contributed by atoms with Crippen LogP contribution in [0.2, 0.25) is 10.0 Å². The van der Waals surface area contributed by atoms with E-state index < -0.39 is 0 Å². The van der Waals surface area contributed by atoms with Gasteiger partial charge in [0.2, 0.25) is 0 Å². The highest BCUT2D eigenvalue weighted by atomic mass is 35.5. The number of rotatable bonds is 7. The van der Waals surface area contributed by atoms with Gasteiger partial charge in [-0.2, -0.15) is 0 Å². The Morgan fingerprint density at radius 2 is 2.16 bits per heavy atom. The fourth-order valence-electron chi connectivity index (χ4n) is 2.40. The van der Waals surface area contributed by atoms with Crippen LogP contribution in [-0.4, -0.2) is 18.8 Å². The fourth-order valence-corrected chi connectivity index (χ4v) is 2.79. The molecule has 2 unspecified atom stereocenters. The van der Waals surface area contributed by atoms with Gasteiger partial charge < -0.3 is 4.74 Å². The fraction of sp³-hybridized carbons (Fsp3) is 0.571. The second kappa shape index (κ2) is 6.91. The zero-order chi connectivity index (χ0) is 13.8. The Balaban J connectivity index is 2.10. The molecule has 0 aliphatic heterocycles. The highest BCUT2D eigenvalue weighted by molar-refractivity contribution is 6.33. The van der Waals surface area contributed by atoms with Crippen molar-refractivity contribution in [1.82, 2.24) is 5.43 Å². The molecule has 1 aromatic carbocycles. The highest BCUT2D eigenvalue weighted by Gasteiger charge is 2.37. The average Bonchev–Trinajstić information content (AvgIpc) is 3.22. The lowest BCUT2D eigenvalue weighted by Crippen LogP contribution is -2.47. The van der Waals surface area contributed by atoms with Crippen LogP contribution in [0.5, 0.6) is 0 Å². The molecule has 3 N–H and O–H groups in total. The molecular formula is C14H20Cl2N2O. The predicted molar refractivity (Wildman–Crippen MR) is 79.4 cm³/mol. The summed E-state index contributed by atoms with van der Waals surface area (Å²) in [5, 5.41) is 1.41. The van der Waals surface area contributed by atoms with Gasteiger partial charge in [0.25, 0.3) is 0 Å². The Morgan fingerprint density at radius 3 is 2.74 bits per heavy atom. The first kappa shape index (κ1) is 15.1. The number of hydrogen-bond acceptors (Lipinski definition) is 3. The molecule has 0 spiro atoms. The minimum Gasteiger partial charge on any atom is -0.377 e. The van der Waals surface area contributed by atoms with Crippen molar-refractivity contribution in [3.05, 3.63) is 33.8 Å². The third-order valence-electron chi connectivity index (χ3n) is 3.50. The lowest BCUT2D eigenvalue weighted by atomic mass is 9.98. The maximum absolute atomic E-state index is 6.21. The Hall–Kier alpha value is -0.320. The zero-order valence-corrected chi connectivity index (χ0v) is 12.5. The summed E-state index contributed by atoms with van der Waals surface area (Å²) < 4.78 is 5.84. The minimum atomic E-state index is 0.0587. The highest BCUT2D eigenvalue weighted by Crippen LogP contribution is 2.37. The number of ether oxygens (including phenoxy) is 1. The number of hydrazine groups is 1. The Labute approximate surface area is 124 Å². The van der Waals surface area contributed by atoms with Crippen molar-refractivity contribution in [2.24, 2.45) is 11.8 Å². The summed E-state index contributed by atoms with van der Waals surface area (Å²) >= 11 is 12.2. The first-order valence-electron chi connectivity index (χ1n) is 6.67. The molecule has 2 atom stereocenters. The van der Waals surface area contributed by atoms with E-state index in [0.29, 0.717) is 17.5 Å². The first-order valence-corrected chi connectivity index (χ1v) is 7.43. The Bertz CT molecular complexity index is 424. The van der Waals surface area contributed by atoms with Gasteiger partial charge in [0.05, 0.1) is 12.1 Å². The molecule has 1 aliphatic carbocycles. The van der Waals surface area contributed by atoms with E-state index in [9.17, 15) is 0 Å². The van der Waals surface area contributed by atoms with E-state index in [1.54, 1.807) is 6.07 Å². The van der Waals surface area contributed by atoms with Gasteiger partial charge in [0, 0.05) is 16.7 Å². The number of hydrogen-bond donors (Lipinski definition) is 2. The molecule has 1 saturated carbocycles. The monoisotopic (exact) mass is 302 g/mol. The van der Waals surface area contributed by atoms with Crippen LogP contribution < -0.4 is 11.3 Å². The van der Waals surface area contributed by atoms with E-state index >= 15 is 0 Å². The molecule has 1 fully saturated rings. The van der Waals surface area contributed by atoms with Crippen molar-refractivity contribution in [1.29, 1.82) is 0 Å². The van der Waals surface area contributed by atoms with Gasteiger partial charge in [-0.25, -0.2) is 0 Å². The van der Waals surface area contributed by atoms with E-state index in [0.717, 1.165) is 17.0 Å². The van der Waals surface area contributed by atoms with Crippen molar-refractivity contribution in [2.45, 2.75) is 38.3 Å². The second-order valence-electron chi connectivity index (χ2n) is 4.97. The molecule has 3 nitrogen and oxygen atoms in total. The molecule has 0 amide bonds. The van der Waals surface area contributed by atoms with E-state index in [-0.39, 0.29) is 12.1 Å². The Kier molecular flexibility index (Phi) is 5.48. The average molecular weight is 303 g/mol. The molecule has 0 radical (unpaired) electrons. The summed E-state index contributed by atoms with van der Waals surface area (Å²) in [6.07, 6.45) is 3.29. The van der Waals surface area contributed by atoms with Gasteiger partial charge in [-0.15, -0.1) is 0 Å². The molecular weight excluding hydrogens is 283 g/mol. The van der Waals surface area contributed by atoms with Gasteiger partial charge in [-0.1, -0.05) is 23.2 Å². The van der Waals surface area contributed by atoms with E-state index in [2.05, 4.69) is 5.43 Å². The van der Waals surface area contributed by atoms with Crippen LogP contribution in [0.15, 0.2) is 18.2 Å². The maximum Gasteiger partial charge on any atom is 0.0772 e. The minimum absolute atomic E-state index is 0.0587. The van der Waals surface area contributed by atoms with Crippen molar-refractivity contribution in [3.8, 4) is 0 Å². The van der Waals surface area contributed by atoms with Crippen LogP contribution in [-0.2, 0) is 11.2 Å². The van der Waals surface area contributed by atoms with Crippen LogP contribution in [0.1, 0.15) is 25.3 Å². The number of nitrogens with two attached hydrogens (primary N) is 1. The summed E-state index contributed by atoms with van der Waals surface area (Å²) in [7, 11) is 0. The largest absolute Gasteiger partial charge is 0.377 e. The third-order valence-corrected chi connectivity index (χ3v) is 4.11. The molecule has 106 valence electrons. The summed E-state index contributed by atoms with van der Waals surface area (Å²) in [5.74, 6) is 6.31. The van der Waals surface area contributed by atoms with Crippen LogP contribution in [0, 0.1) is 5.92 Å². The quantitative estimate of drug-likeness (QED) is 0.601. The summed E-state index contributed by atoms with van der Waals surface area (Å²) in [4.78, 5) is 0. The number of nitrogens with one attached hydrogen (secondary N) is 1. The molecule has 1 aliphatic rings. The SMILES string of the molecule is CCOC(C1CC1)C(Cc1cc(Cl)ccc1Cl)NN. The summed E-state index contributed by atoms with van der Waals surface area (Å²) in [6, 6.07) is 5.56. The number of halogens is 2. The van der Waals surface area contributed by atoms with Gasteiger partial charge in [-0.05, 0) is 55.9 Å². The lowest BCUT2D eigenvalue weighted by Gasteiger charge is -2.27. The summed E-state index contributed by atoms with van der Waals surface area (Å²) in [6.45, 7) is 2.71. The molecule has 1 aromatic rings. The van der Waals surface area contributed by atoms with Crippen molar-refractivity contribution >= 4 is 23.2 Å². The first-order chi connectivity index (χ1) is 9.15. The maximum atomic E-state index is 6.21. The van der Waals surface area contributed by atoms with Gasteiger partial charge >= 0.3 is 0 Å². The molecule has 19 heavy (non-hydrogen) atoms. The topological polar surface area (TPSA) is 47.3 Å². The van der Waals surface area contributed by atoms with Crippen molar-refractivity contribution in [3.63, 3.8) is 0 Å². The van der Waals surface area contributed by atoms with E-state index in [4.69, 9.17) is 33.8 Å². The molecule has 5 heteroatoms. The Morgan fingerprint density at radius 1 is 1.42 bits per heavy atom. The normalized spacial score (nSPS) is 18.3. The number of benzene rings is 1. The molecule has 0 saturated heterocycles. The van der Waals surface area contributed by atoms with Crippen LogP contribution >= 0.6 is 23.2 Å². The van der Waals surface area contributed by atoms with Gasteiger partial charge in [0.15, 0.2) is 0 Å². The van der Waals surface area contributed by atoms with Crippen molar-refractivity contribution < 1.29 is 4.74 Å². The van der Waals surface area contributed by atoms with E-state index in [1.165, 1.54) is 12.8 Å². The van der Waals surface area contributed by atoms with E-state index in [1.807, 2.05) is 19.1 Å². The molecule has 2 rings (SSSR count). The lowest BCUT2D eigenvalue weighted by molar-refractivity contribution is 0.0192. The smallest absolute Gasteiger partial charge is 0.0772 e. The predicted octanol–water partition coefficient (Wildman–Crippen LogP) is 3.18. The van der Waals surface area contributed by atoms with Crippen molar-refractivity contribution in [2.75, 3.05) is 6.61 Å². The third kappa shape index (κ3) is 4.07. The summed E-state index contributed by atoms with van der Waals surface area (Å²) in [5.41, 5.74) is 3.88.